The van der Waals surface area contributed by atoms with Gasteiger partial charge in [-0.2, -0.15) is 0 Å². The zero-order chi connectivity index (χ0) is 17.9. The smallest absolute Gasteiger partial charge is 0.313 e. The summed E-state index contributed by atoms with van der Waals surface area (Å²) in [7, 11) is 3.27. The van der Waals surface area contributed by atoms with E-state index in [1.54, 1.807) is 14.2 Å². The molecular formula is C20H26O5. The lowest BCUT2D eigenvalue weighted by molar-refractivity contribution is -0.199. The van der Waals surface area contributed by atoms with E-state index < -0.39 is 11.6 Å². The summed E-state index contributed by atoms with van der Waals surface area (Å²) >= 11 is 0. The summed E-state index contributed by atoms with van der Waals surface area (Å²) < 4.78 is 16.9. The minimum Gasteiger partial charge on any atom is -0.497 e. The lowest BCUT2D eigenvalue weighted by Crippen LogP contribution is -2.57. The van der Waals surface area contributed by atoms with Gasteiger partial charge in [0.05, 0.1) is 7.11 Å². The van der Waals surface area contributed by atoms with Crippen LogP contribution in [0.3, 0.4) is 0 Å². The third kappa shape index (κ3) is 3.71. The van der Waals surface area contributed by atoms with Crippen LogP contribution in [0, 0.1) is 5.92 Å². The van der Waals surface area contributed by atoms with E-state index in [2.05, 4.69) is 0 Å². The van der Waals surface area contributed by atoms with Crippen molar-refractivity contribution in [2.45, 2.75) is 56.7 Å². The van der Waals surface area contributed by atoms with Crippen LogP contribution in [0.1, 0.15) is 44.1 Å². The zero-order valence-corrected chi connectivity index (χ0v) is 15.0. The third-order valence-corrected chi connectivity index (χ3v) is 5.57. The fourth-order valence-electron chi connectivity index (χ4n) is 4.33. The number of hydrogen-bond donors (Lipinski definition) is 0. The fourth-order valence-corrected chi connectivity index (χ4v) is 4.33. The van der Waals surface area contributed by atoms with E-state index in [0.29, 0.717) is 6.42 Å². The monoisotopic (exact) mass is 346 g/mol. The zero-order valence-electron chi connectivity index (χ0n) is 15.0. The Labute approximate surface area is 148 Å². The second-order valence-corrected chi connectivity index (χ2v) is 7.08. The second kappa shape index (κ2) is 7.56. The van der Waals surface area contributed by atoms with Gasteiger partial charge in [0, 0.05) is 25.9 Å². The van der Waals surface area contributed by atoms with E-state index in [1.165, 1.54) is 0 Å². The molecule has 1 saturated heterocycles. The highest BCUT2D eigenvalue weighted by molar-refractivity contribution is 5.98. The Hall–Kier alpha value is -1.88. The van der Waals surface area contributed by atoms with Crippen molar-refractivity contribution >= 4 is 11.8 Å². The van der Waals surface area contributed by atoms with Gasteiger partial charge in [-0.3, -0.25) is 9.59 Å². The van der Waals surface area contributed by atoms with Gasteiger partial charge < -0.3 is 14.2 Å². The Morgan fingerprint density at radius 2 is 1.84 bits per heavy atom. The van der Waals surface area contributed by atoms with Crippen molar-refractivity contribution in [3.63, 3.8) is 0 Å². The number of benzene rings is 1. The maximum absolute atomic E-state index is 12.2. The summed E-state index contributed by atoms with van der Waals surface area (Å²) in [4.78, 5) is 24.3. The first-order valence-electron chi connectivity index (χ1n) is 8.96. The van der Waals surface area contributed by atoms with Crippen molar-refractivity contribution in [1.82, 2.24) is 0 Å². The molecule has 1 aliphatic heterocycles. The molecule has 5 heteroatoms. The van der Waals surface area contributed by atoms with Crippen molar-refractivity contribution in [2.75, 3.05) is 14.2 Å². The van der Waals surface area contributed by atoms with Gasteiger partial charge in [0.2, 0.25) is 0 Å². The lowest BCUT2D eigenvalue weighted by atomic mass is 9.74. The highest BCUT2D eigenvalue weighted by atomic mass is 16.6. The molecule has 1 saturated carbocycles. The van der Waals surface area contributed by atoms with Crippen LogP contribution in [-0.4, -0.2) is 37.7 Å². The molecule has 1 heterocycles. The molecule has 3 rings (SSSR count). The van der Waals surface area contributed by atoms with Crippen molar-refractivity contribution in [3.8, 4) is 5.75 Å². The molecule has 1 aromatic rings. The molecule has 2 fully saturated rings. The molecule has 2 unspecified atom stereocenters. The number of rotatable bonds is 6. The van der Waals surface area contributed by atoms with Crippen molar-refractivity contribution in [3.05, 3.63) is 29.8 Å². The van der Waals surface area contributed by atoms with Crippen LogP contribution in [0.15, 0.2) is 24.3 Å². The number of hydrogen-bond acceptors (Lipinski definition) is 5. The standard InChI is InChI=1S/C20H26O5/c1-23-17-9-7-14(8-10-17)11-18(24-2)20(15-5-3-4-6-15)13-16(21)12-19(22)25-20/h7-10,15,18H,3-6,11-13H2,1-2H3. The first-order chi connectivity index (χ1) is 12.1. The average molecular weight is 346 g/mol. The topological polar surface area (TPSA) is 61.8 Å². The van der Waals surface area contributed by atoms with Gasteiger partial charge in [0.25, 0.3) is 0 Å². The molecule has 0 radical (unpaired) electrons. The van der Waals surface area contributed by atoms with Crippen molar-refractivity contribution in [2.24, 2.45) is 5.92 Å². The molecule has 25 heavy (non-hydrogen) atoms. The van der Waals surface area contributed by atoms with Crippen LogP contribution in [0.25, 0.3) is 0 Å². The van der Waals surface area contributed by atoms with Crippen LogP contribution in [0.2, 0.25) is 0 Å². The highest BCUT2D eigenvalue weighted by Crippen LogP contribution is 2.44. The largest absolute Gasteiger partial charge is 0.497 e. The second-order valence-electron chi connectivity index (χ2n) is 7.08. The third-order valence-electron chi connectivity index (χ3n) is 5.57. The quantitative estimate of drug-likeness (QED) is 0.585. The molecule has 1 aromatic carbocycles. The lowest BCUT2D eigenvalue weighted by Gasteiger charge is -2.45. The molecule has 0 spiro atoms. The summed E-state index contributed by atoms with van der Waals surface area (Å²) in [6.07, 6.45) is 4.57. The number of cyclic esters (lactones) is 1. The fraction of sp³-hybridized carbons (Fsp3) is 0.600. The maximum atomic E-state index is 12.2. The van der Waals surface area contributed by atoms with E-state index >= 15 is 0 Å². The van der Waals surface area contributed by atoms with Gasteiger partial charge in [-0.15, -0.1) is 0 Å². The molecule has 0 N–H and O–H groups in total. The van der Waals surface area contributed by atoms with Crippen LogP contribution < -0.4 is 4.74 Å². The van der Waals surface area contributed by atoms with Crippen molar-refractivity contribution < 1.29 is 23.8 Å². The van der Waals surface area contributed by atoms with E-state index in [-0.39, 0.29) is 30.6 Å². The molecule has 0 aromatic heterocycles. The van der Waals surface area contributed by atoms with E-state index in [0.717, 1.165) is 37.0 Å². The Balaban J connectivity index is 1.88. The predicted molar refractivity (Wildman–Crippen MR) is 92.5 cm³/mol. The summed E-state index contributed by atoms with van der Waals surface area (Å²) in [5.41, 5.74) is 0.233. The van der Waals surface area contributed by atoms with Crippen LogP contribution >= 0.6 is 0 Å². The maximum Gasteiger partial charge on any atom is 0.313 e. The average Bonchev–Trinajstić information content (AvgIpc) is 3.14. The molecule has 0 bridgehead atoms. The van der Waals surface area contributed by atoms with Crippen molar-refractivity contribution in [1.29, 1.82) is 0 Å². The Bertz CT molecular complexity index is 599. The minimum atomic E-state index is -0.836. The number of Topliss-reactive ketones (excluding diaryl/α,β-unsaturated/α-hetero) is 1. The number of ketones is 1. The summed E-state index contributed by atoms with van der Waals surface area (Å²) in [5, 5.41) is 0. The minimum absolute atomic E-state index is 0.0417. The van der Waals surface area contributed by atoms with Crippen LogP contribution in [0.4, 0.5) is 0 Å². The first kappa shape index (κ1) is 17.9. The van der Waals surface area contributed by atoms with Crippen LogP contribution in [-0.2, 0) is 25.5 Å². The van der Waals surface area contributed by atoms with Crippen LogP contribution in [0.5, 0.6) is 5.75 Å². The van der Waals surface area contributed by atoms with E-state index in [1.807, 2.05) is 24.3 Å². The molecule has 2 aliphatic rings. The highest BCUT2D eigenvalue weighted by Gasteiger charge is 2.53. The van der Waals surface area contributed by atoms with E-state index in [4.69, 9.17) is 14.2 Å². The van der Waals surface area contributed by atoms with Gasteiger partial charge in [-0.25, -0.2) is 0 Å². The summed E-state index contributed by atoms with van der Waals surface area (Å²) in [6, 6.07) is 7.78. The molecule has 0 amide bonds. The number of carbonyl (C=O) groups is 2. The van der Waals surface area contributed by atoms with Gasteiger partial charge in [0.15, 0.2) is 0 Å². The van der Waals surface area contributed by atoms with Gasteiger partial charge >= 0.3 is 5.97 Å². The Morgan fingerprint density at radius 3 is 2.40 bits per heavy atom. The Kier molecular flexibility index (Phi) is 5.42. The predicted octanol–water partition coefficient (Wildman–Crippen LogP) is 3.09. The number of ether oxygens (including phenoxy) is 3. The van der Waals surface area contributed by atoms with E-state index in [9.17, 15) is 9.59 Å². The molecule has 5 nitrogen and oxygen atoms in total. The number of carbonyl (C=O) groups excluding carboxylic acids is 2. The molecular weight excluding hydrogens is 320 g/mol. The Morgan fingerprint density at radius 1 is 1.16 bits per heavy atom. The number of methoxy groups -OCH3 is 2. The molecule has 1 aliphatic carbocycles. The molecule has 136 valence electrons. The van der Waals surface area contributed by atoms with Gasteiger partial charge in [-0.1, -0.05) is 25.0 Å². The summed E-state index contributed by atoms with van der Waals surface area (Å²) in [5.74, 6) is 0.520. The van der Waals surface area contributed by atoms with Gasteiger partial charge in [-0.05, 0) is 30.5 Å². The summed E-state index contributed by atoms with van der Waals surface area (Å²) in [6.45, 7) is 0. The first-order valence-corrected chi connectivity index (χ1v) is 8.96. The van der Waals surface area contributed by atoms with Gasteiger partial charge in [0.1, 0.15) is 29.7 Å². The SMILES string of the molecule is COc1ccc(CC(OC)C2(C3CCCC3)CC(=O)CC(=O)O2)cc1. The number of esters is 1. The normalized spacial score (nSPS) is 25.7. The molecule has 2 atom stereocenters.